The summed E-state index contributed by atoms with van der Waals surface area (Å²) in [4.78, 5) is 10.6. The number of aromatic nitrogens is 2. The van der Waals surface area contributed by atoms with Crippen LogP contribution in [0.25, 0.3) is 10.6 Å². The average molecular weight is 290 g/mol. The van der Waals surface area contributed by atoms with Gasteiger partial charge in [-0.15, -0.1) is 10.2 Å². The molecule has 7 heteroatoms. The molecule has 0 atom stereocenters. The third-order valence-corrected chi connectivity index (χ3v) is 4.21. The number of hydrogen-bond donors (Lipinski definition) is 1. The van der Waals surface area contributed by atoms with Crippen LogP contribution in [0.2, 0.25) is 0 Å². The number of rotatable bonds is 5. The summed E-state index contributed by atoms with van der Waals surface area (Å²) in [6.07, 6.45) is 2.46. The van der Waals surface area contributed by atoms with Crippen LogP contribution in [0.4, 0.5) is 5.69 Å². The summed E-state index contributed by atoms with van der Waals surface area (Å²) < 4.78 is 0. The number of aryl methyl sites for hydroxylation is 1. The average Bonchev–Trinajstić information content (AvgIpc) is 3.14. The van der Waals surface area contributed by atoms with Crippen molar-refractivity contribution in [3.05, 3.63) is 38.9 Å². The summed E-state index contributed by atoms with van der Waals surface area (Å²) in [6.45, 7) is 2.45. The van der Waals surface area contributed by atoms with Crippen LogP contribution in [0.1, 0.15) is 23.4 Å². The second-order valence-electron chi connectivity index (χ2n) is 4.91. The Morgan fingerprint density at radius 1 is 1.45 bits per heavy atom. The van der Waals surface area contributed by atoms with Gasteiger partial charge in [-0.2, -0.15) is 0 Å². The Bertz CT molecular complexity index is 652. The molecule has 104 valence electrons. The normalized spacial score (nSPS) is 14.4. The molecule has 1 N–H and O–H groups in total. The zero-order chi connectivity index (χ0) is 14.1. The molecule has 1 saturated carbocycles. The van der Waals surface area contributed by atoms with E-state index in [4.69, 9.17) is 0 Å². The molecule has 0 amide bonds. The molecule has 1 aromatic carbocycles. The van der Waals surface area contributed by atoms with Crippen LogP contribution >= 0.6 is 11.3 Å². The van der Waals surface area contributed by atoms with Gasteiger partial charge in [0.2, 0.25) is 0 Å². The maximum Gasteiger partial charge on any atom is 0.273 e. The first-order valence-electron chi connectivity index (χ1n) is 6.44. The maximum atomic E-state index is 11.0. The van der Waals surface area contributed by atoms with Crippen molar-refractivity contribution < 1.29 is 4.92 Å². The smallest absolute Gasteiger partial charge is 0.273 e. The second kappa shape index (κ2) is 5.26. The van der Waals surface area contributed by atoms with Crippen molar-refractivity contribution >= 4 is 17.0 Å². The predicted octanol–water partition coefficient (Wildman–Crippen LogP) is 2.67. The van der Waals surface area contributed by atoms with Crippen molar-refractivity contribution in [2.24, 2.45) is 0 Å². The lowest BCUT2D eigenvalue weighted by Gasteiger charge is -1.99. The van der Waals surface area contributed by atoms with E-state index in [-0.39, 0.29) is 10.6 Å². The fourth-order valence-electron chi connectivity index (χ4n) is 1.90. The maximum absolute atomic E-state index is 11.0. The first-order chi connectivity index (χ1) is 9.63. The molecule has 3 rings (SSSR count). The van der Waals surface area contributed by atoms with Crippen LogP contribution in [-0.4, -0.2) is 21.2 Å². The fourth-order valence-corrected chi connectivity index (χ4v) is 2.69. The van der Waals surface area contributed by atoms with Crippen molar-refractivity contribution in [3.63, 3.8) is 0 Å². The number of benzene rings is 1. The lowest BCUT2D eigenvalue weighted by atomic mass is 10.1. The van der Waals surface area contributed by atoms with Gasteiger partial charge in [0.25, 0.3) is 5.69 Å². The number of nitro benzene ring substituents is 1. The van der Waals surface area contributed by atoms with E-state index >= 15 is 0 Å². The van der Waals surface area contributed by atoms with Crippen molar-refractivity contribution in [3.8, 4) is 10.6 Å². The molecule has 0 bridgehead atoms. The van der Waals surface area contributed by atoms with Gasteiger partial charge in [0.05, 0.1) is 4.92 Å². The molecule has 0 spiro atoms. The molecule has 1 aliphatic carbocycles. The molecular formula is C13H14N4O2S. The number of hydrogen-bond acceptors (Lipinski definition) is 6. The van der Waals surface area contributed by atoms with E-state index in [0.717, 1.165) is 22.1 Å². The Morgan fingerprint density at radius 3 is 2.95 bits per heavy atom. The highest BCUT2D eigenvalue weighted by molar-refractivity contribution is 7.14. The van der Waals surface area contributed by atoms with E-state index in [1.165, 1.54) is 24.2 Å². The van der Waals surface area contributed by atoms with Gasteiger partial charge in [-0.3, -0.25) is 10.1 Å². The topological polar surface area (TPSA) is 81.0 Å². The minimum atomic E-state index is -0.366. The summed E-state index contributed by atoms with van der Waals surface area (Å²) >= 11 is 1.47. The van der Waals surface area contributed by atoms with Gasteiger partial charge in [-0.05, 0) is 19.8 Å². The van der Waals surface area contributed by atoms with E-state index < -0.39 is 0 Å². The highest BCUT2D eigenvalue weighted by Gasteiger charge is 2.21. The lowest BCUT2D eigenvalue weighted by molar-refractivity contribution is -0.385. The zero-order valence-corrected chi connectivity index (χ0v) is 11.8. The highest BCUT2D eigenvalue weighted by atomic mass is 32.1. The van der Waals surface area contributed by atoms with Crippen molar-refractivity contribution in [1.29, 1.82) is 0 Å². The predicted molar refractivity (Wildman–Crippen MR) is 76.6 cm³/mol. The molecule has 20 heavy (non-hydrogen) atoms. The lowest BCUT2D eigenvalue weighted by Crippen LogP contribution is -2.14. The second-order valence-corrected chi connectivity index (χ2v) is 5.98. The van der Waals surface area contributed by atoms with Gasteiger partial charge in [0.15, 0.2) is 0 Å². The Hall–Kier alpha value is -1.86. The molecule has 1 aliphatic rings. The number of nitro groups is 1. The van der Waals surface area contributed by atoms with E-state index in [2.05, 4.69) is 15.5 Å². The van der Waals surface area contributed by atoms with Crippen LogP contribution in [0.5, 0.6) is 0 Å². The van der Waals surface area contributed by atoms with Crippen molar-refractivity contribution in [2.75, 3.05) is 0 Å². The molecule has 6 nitrogen and oxygen atoms in total. The third-order valence-electron chi connectivity index (χ3n) is 3.24. The molecule has 0 unspecified atom stereocenters. The molecule has 0 saturated heterocycles. The summed E-state index contributed by atoms with van der Waals surface area (Å²) in [5.41, 5.74) is 1.52. The van der Waals surface area contributed by atoms with Gasteiger partial charge in [-0.25, -0.2) is 0 Å². The minimum Gasteiger partial charge on any atom is -0.308 e. The standard InChI is InChI=1S/C13H14N4O2S/c1-8-2-3-9(6-11(8)17(18)19)13-16-15-12(20-13)7-14-10-4-5-10/h2-3,6,10,14H,4-5,7H2,1H3. The van der Waals surface area contributed by atoms with Crippen molar-refractivity contribution in [2.45, 2.75) is 32.4 Å². The highest BCUT2D eigenvalue weighted by Crippen LogP contribution is 2.29. The first-order valence-corrected chi connectivity index (χ1v) is 7.26. The zero-order valence-electron chi connectivity index (χ0n) is 11.0. The molecule has 2 aromatic rings. The Morgan fingerprint density at radius 2 is 2.25 bits per heavy atom. The monoisotopic (exact) mass is 290 g/mol. The number of nitrogens with zero attached hydrogens (tertiary/aromatic N) is 3. The van der Waals surface area contributed by atoms with Crippen LogP contribution in [0.3, 0.4) is 0 Å². The first kappa shape index (κ1) is 13.1. The van der Waals surface area contributed by atoms with Crippen molar-refractivity contribution in [1.82, 2.24) is 15.5 Å². The molecule has 1 aromatic heterocycles. The Balaban J connectivity index is 1.81. The van der Waals surface area contributed by atoms with Gasteiger partial charge >= 0.3 is 0 Å². The molecular weight excluding hydrogens is 276 g/mol. The molecule has 0 radical (unpaired) electrons. The minimum absolute atomic E-state index is 0.121. The Labute approximate surface area is 120 Å². The Kier molecular flexibility index (Phi) is 3.45. The number of nitrogens with one attached hydrogen (secondary N) is 1. The SMILES string of the molecule is Cc1ccc(-c2nnc(CNC3CC3)s2)cc1[N+](=O)[O-]. The van der Waals surface area contributed by atoms with Gasteiger partial charge in [0.1, 0.15) is 10.0 Å². The third kappa shape index (κ3) is 2.83. The summed E-state index contributed by atoms with van der Waals surface area (Å²) in [6, 6.07) is 5.79. The summed E-state index contributed by atoms with van der Waals surface area (Å²) in [5.74, 6) is 0. The van der Waals surface area contributed by atoms with Gasteiger partial charge in [-0.1, -0.05) is 23.5 Å². The summed E-state index contributed by atoms with van der Waals surface area (Å²) in [7, 11) is 0. The van der Waals surface area contributed by atoms with Gasteiger partial charge < -0.3 is 5.32 Å². The van der Waals surface area contributed by atoms with Gasteiger partial charge in [0, 0.05) is 29.8 Å². The van der Waals surface area contributed by atoms with Crippen LogP contribution in [0, 0.1) is 17.0 Å². The van der Waals surface area contributed by atoms with E-state index in [1.807, 2.05) is 6.07 Å². The van der Waals surface area contributed by atoms with Crippen LogP contribution in [-0.2, 0) is 6.54 Å². The fraction of sp³-hybridized carbons (Fsp3) is 0.385. The largest absolute Gasteiger partial charge is 0.308 e. The molecule has 1 fully saturated rings. The van der Waals surface area contributed by atoms with Crippen LogP contribution < -0.4 is 5.32 Å². The van der Waals surface area contributed by atoms with E-state index in [0.29, 0.717) is 11.6 Å². The molecule has 0 aliphatic heterocycles. The quantitative estimate of drug-likeness (QED) is 0.676. The molecule has 1 heterocycles. The van der Waals surface area contributed by atoms with E-state index in [1.54, 1.807) is 19.1 Å². The van der Waals surface area contributed by atoms with Crippen LogP contribution in [0.15, 0.2) is 18.2 Å². The summed E-state index contributed by atoms with van der Waals surface area (Å²) in [5, 5.41) is 24.2. The van der Waals surface area contributed by atoms with E-state index in [9.17, 15) is 10.1 Å².